The number of rotatable bonds is 5. The molecule has 0 radical (unpaired) electrons. The minimum Gasteiger partial charge on any atom is -0.299 e. The van der Waals surface area contributed by atoms with E-state index in [-0.39, 0.29) is 17.7 Å². The molecule has 0 aliphatic carbocycles. The predicted molar refractivity (Wildman–Crippen MR) is 128 cm³/mol. The Hall–Kier alpha value is -2.24. The third-order valence-electron chi connectivity index (χ3n) is 7.20. The third-order valence-corrected chi connectivity index (χ3v) is 9.27. The number of likely N-dealkylation sites (tertiary alicyclic amines) is 1. The van der Waals surface area contributed by atoms with Crippen molar-refractivity contribution in [2.45, 2.75) is 57.3 Å². The summed E-state index contributed by atoms with van der Waals surface area (Å²) in [6.07, 6.45) is 2.99. The first-order valence-corrected chi connectivity index (χ1v) is 15.0. The van der Waals surface area contributed by atoms with Crippen molar-refractivity contribution in [1.82, 2.24) is 10.2 Å². The highest BCUT2D eigenvalue weighted by Gasteiger charge is 2.50. The van der Waals surface area contributed by atoms with Gasteiger partial charge in [0.05, 0.1) is 13.5 Å². The molecule has 2 heterocycles. The highest BCUT2D eigenvalue weighted by Crippen LogP contribution is 2.44. The van der Waals surface area contributed by atoms with Crippen molar-refractivity contribution >= 4 is 25.1 Å². The molecule has 2 aromatic carbocycles. The molecule has 4 nitrogen and oxygen atoms in total. The molecule has 2 saturated heterocycles. The van der Waals surface area contributed by atoms with Crippen molar-refractivity contribution in [3.8, 4) is 0 Å². The van der Waals surface area contributed by atoms with Gasteiger partial charge in [0.25, 0.3) is 0 Å². The summed E-state index contributed by atoms with van der Waals surface area (Å²) >= 11 is 0. The van der Waals surface area contributed by atoms with Crippen molar-refractivity contribution in [2.75, 3.05) is 13.1 Å². The zero-order valence-electron chi connectivity index (χ0n) is 19.0. The number of imide groups is 1. The van der Waals surface area contributed by atoms with Crippen LogP contribution in [0.2, 0.25) is 19.6 Å². The number of carbonyl (C=O) groups excluding carboxylic acids is 2. The highest BCUT2D eigenvalue weighted by atomic mass is 28.3. The van der Waals surface area contributed by atoms with Crippen molar-refractivity contribution in [3.05, 3.63) is 65.7 Å². The van der Waals surface area contributed by atoms with Crippen LogP contribution in [0.15, 0.2) is 54.6 Å². The van der Waals surface area contributed by atoms with Crippen molar-refractivity contribution < 1.29 is 9.59 Å². The Bertz CT molecular complexity index is 928. The molecule has 0 spiro atoms. The molecular formula is C26H34N2O2Si. The first-order valence-electron chi connectivity index (χ1n) is 11.5. The molecule has 4 rings (SSSR count). The lowest BCUT2D eigenvalue weighted by Gasteiger charge is -2.45. The Morgan fingerprint density at radius 1 is 0.968 bits per heavy atom. The standard InChI is InChI=1S/C26H34N2O2Si/c1-31(2,3)23-11-9-20(10-12-23)19-28-17-14-22(15-18-28)26(21-7-5-4-6-8-21)16-13-24(29)27-25(26)30/h4-12,22H,13-19H2,1-3H3,(H,27,29,30). The Morgan fingerprint density at radius 2 is 1.61 bits per heavy atom. The molecule has 2 aromatic rings. The van der Waals surface area contributed by atoms with Gasteiger partial charge in [-0.25, -0.2) is 0 Å². The summed E-state index contributed by atoms with van der Waals surface area (Å²) in [5, 5.41) is 4.14. The van der Waals surface area contributed by atoms with E-state index < -0.39 is 13.5 Å². The molecule has 164 valence electrons. The zero-order chi connectivity index (χ0) is 22.1. The SMILES string of the molecule is C[Si](C)(C)c1ccc(CN2CCC(C3(c4ccccc4)CCC(=O)NC3=O)CC2)cc1. The lowest BCUT2D eigenvalue weighted by Crippen LogP contribution is -2.57. The minimum absolute atomic E-state index is 0.102. The lowest BCUT2D eigenvalue weighted by molar-refractivity contribution is -0.140. The quantitative estimate of drug-likeness (QED) is 0.575. The summed E-state index contributed by atoms with van der Waals surface area (Å²) in [6, 6.07) is 19.3. The molecule has 2 aliphatic rings. The molecular weight excluding hydrogens is 400 g/mol. The van der Waals surface area contributed by atoms with E-state index in [1.807, 2.05) is 18.2 Å². The molecule has 2 fully saturated rings. The van der Waals surface area contributed by atoms with Crippen molar-refractivity contribution in [3.63, 3.8) is 0 Å². The van der Waals surface area contributed by atoms with Gasteiger partial charge in [0.2, 0.25) is 11.8 Å². The van der Waals surface area contributed by atoms with E-state index in [4.69, 9.17) is 0 Å². The Morgan fingerprint density at radius 3 is 2.19 bits per heavy atom. The van der Waals surface area contributed by atoms with Gasteiger partial charge in [0.1, 0.15) is 0 Å². The topological polar surface area (TPSA) is 49.4 Å². The minimum atomic E-state index is -1.26. The average molecular weight is 435 g/mol. The van der Waals surface area contributed by atoms with Crippen LogP contribution in [-0.2, 0) is 21.5 Å². The van der Waals surface area contributed by atoms with Gasteiger partial charge >= 0.3 is 0 Å². The molecule has 2 amide bonds. The molecule has 1 N–H and O–H groups in total. The Labute approximate surface area is 187 Å². The summed E-state index contributed by atoms with van der Waals surface area (Å²) < 4.78 is 0. The number of carbonyl (C=O) groups is 2. The van der Waals surface area contributed by atoms with Gasteiger partial charge in [-0.15, -0.1) is 0 Å². The maximum absolute atomic E-state index is 13.2. The molecule has 0 saturated carbocycles. The molecule has 1 unspecified atom stereocenters. The second-order valence-corrected chi connectivity index (χ2v) is 15.3. The number of hydrogen-bond acceptors (Lipinski definition) is 3. The fourth-order valence-corrected chi connectivity index (χ4v) is 6.48. The van der Waals surface area contributed by atoms with E-state index in [9.17, 15) is 9.59 Å². The number of piperidine rings is 2. The van der Waals surface area contributed by atoms with E-state index in [1.165, 1.54) is 10.8 Å². The number of amides is 2. The average Bonchev–Trinajstić information content (AvgIpc) is 2.75. The first-order chi connectivity index (χ1) is 14.8. The second kappa shape index (κ2) is 8.71. The van der Waals surface area contributed by atoms with E-state index in [0.717, 1.165) is 38.0 Å². The fraction of sp³-hybridized carbons (Fsp3) is 0.462. The monoisotopic (exact) mass is 434 g/mol. The number of nitrogens with zero attached hydrogens (tertiary/aromatic N) is 1. The molecule has 2 aliphatic heterocycles. The summed E-state index contributed by atoms with van der Waals surface area (Å²) in [4.78, 5) is 27.6. The van der Waals surface area contributed by atoms with Gasteiger partial charge in [-0.05, 0) is 49.4 Å². The van der Waals surface area contributed by atoms with E-state index >= 15 is 0 Å². The number of benzene rings is 2. The van der Waals surface area contributed by atoms with Crippen molar-refractivity contribution in [1.29, 1.82) is 0 Å². The Balaban J connectivity index is 1.46. The van der Waals surface area contributed by atoms with Crippen LogP contribution < -0.4 is 10.5 Å². The van der Waals surface area contributed by atoms with Gasteiger partial charge < -0.3 is 0 Å². The van der Waals surface area contributed by atoms with Gasteiger partial charge in [-0.3, -0.25) is 19.8 Å². The maximum atomic E-state index is 13.2. The summed E-state index contributed by atoms with van der Waals surface area (Å²) in [6.45, 7) is 10.1. The predicted octanol–water partition coefficient (Wildman–Crippen LogP) is 3.82. The van der Waals surface area contributed by atoms with Crippen LogP contribution in [0.1, 0.15) is 36.8 Å². The second-order valence-electron chi connectivity index (χ2n) is 10.2. The molecule has 0 aromatic heterocycles. The van der Waals surface area contributed by atoms with Crippen LogP contribution >= 0.6 is 0 Å². The zero-order valence-corrected chi connectivity index (χ0v) is 20.0. The van der Waals surface area contributed by atoms with E-state index in [2.05, 4.69) is 66.3 Å². The van der Waals surface area contributed by atoms with E-state index in [0.29, 0.717) is 12.8 Å². The van der Waals surface area contributed by atoms with Gasteiger partial charge in [0.15, 0.2) is 0 Å². The van der Waals surface area contributed by atoms with Gasteiger partial charge in [-0.2, -0.15) is 0 Å². The molecule has 1 atom stereocenters. The van der Waals surface area contributed by atoms with E-state index in [1.54, 1.807) is 0 Å². The fourth-order valence-electron chi connectivity index (χ4n) is 5.31. The smallest absolute Gasteiger partial charge is 0.237 e. The van der Waals surface area contributed by atoms with Crippen LogP contribution in [-0.4, -0.2) is 37.9 Å². The maximum Gasteiger partial charge on any atom is 0.237 e. The summed E-state index contributed by atoms with van der Waals surface area (Å²) in [5.41, 5.74) is 1.83. The molecule has 0 bridgehead atoms. The number of nitrogens with one attached hydrogen (secondary N) is 1. The van der Waals surface area contributed by atoms with Crippen LogP contribution in [0, 0.1) is 5.92 Å². The van der Waals surface area contributed by atoms with Crippen LogP contribution in [0.4, 0.5) is 0 Å². The largest absolute Gasteiger partial charge is 0.299 e. The third kappa shape index (κ3) is 4.53. The van der Waals surface area contributed by atoms with Crippen molar-refractivity contribution in [2.24, 2.45) is 5.92 Å². The highest BCUT2D eigenvalue weighted by molar-refractivity contribution is 6.88. The molecule has 31 heavy (non-hydrogen) atoms. The van der Waals surface area contributed by atoms with Gasteiger partial charge in [0, 0.05) is 13.0 Å². The van der Waals surface area contributed by atoms with Gasteiger partial charge in [-0.1, -0.05) is 79.4 Å². The number of hydrogen-bond donors (Lipinski definition) is 1. The van der Waals surface area contributed by atoms with Crippen LogP contribution in [0.3, 0.4) is 0 Å². The summed E-state index contributed by atoms with van der Waals surface area (Å²) in [5.74, 6) is 0.0135. The summed E-state index contributed by atoms with van der Waals surface area (Å²) in [7, 11) is -1.26. The van der Waals surface area contributed by atoms with Crippen LogP contribution in [0.5, 0.6) is 0 Å². The first kappa shape index (κ1) is 22.0. The normalized spacial score (nSPS) is 23.6. The Kier molecular flexibility index (Phi) is 6.17. The van der Waals surface area contributed by atoms with Crippen LogP contribution in [0.25, 0.3) is 0 Å². The molecule has 5 heteroatoms. The lowest BCUT2D eigenvalue weighted by atomic mass is 9.62.